The lowest BCUT2D eigenvalue weighted by molar-refractivity contribution is 0.799. The molecule has 72 valence electrons. The average Bonchev–Trinajstić information content (AvgIpc) is 2.45. The van der Waals surface area contributed by atoms with E-state index in [2.05, 4.69) is 16.5 Å². The zero-order valence-electron chi connectivity index (χ0n) is 7.33. The minimum absolute atomic E-state index is 0.199. The van der Waals surface area contributed by atoms with Crippen molar-refractivity contribution < 1.29 is 0 Å². The van der Waals surface area contributed by atoms with Gasteiger partial charge in [0.15, 0.2) is 5.65 Å². The van der Waals surface area contributed by atoms with E-state index in [0.29, 0.717) is 22.9 Å². The van der Waals surface area contributed by atoms with E-state index in [1.165, 1.54) is 4.57 Å². The number of allylic oxidation sites excluding steroid dienone is 1. The number of aromatic amines is 1. The molecule has 0 atom stereocenters. The van der Waals surface area contributed by atoms with Crippen molar-refractivity contribution in [2.75, 3.05) is 0 Å². The lowest BCUT2D eigenvalue weighted by Crippen LogP contribution is -2.15. The predicted octanol–water partition coefficient (Wildman–Crippen LogP) is 1.56. The molecule has 0 aromatic carbocycles. The van der Waals surface area contributed by atoms with Crippen molar-refractivity contribution >= 4 is 22.8 Å². The minimum Gasteiger partial charge on any atom is -0.304 e. The van der Waals surface area contributed by atoms with Crippen LogP contribution in [0, 0.1) is 0 Å². The lowest BCUT2D eigenvalue weighted by Gasteiger charge is -1.96. The minimum atomic E-state index is -0.199. The van der Waals surface area contributed by atoms with Gasteiger partial charge in [-0.15, -0.1) is 6.58 Å². The van der Waals surface area contributed by atoms with Crippen LogP contribution >= 0.6 is 11.6 Å². The summed E-state index contributed by atoms with van der Waals surface area (Å²) in [6, 6.07) is 3.36. The Kier molecular flexibility index (Phi) is 2.13. The van der Waals surface area contributed by atoms with E-state index >= 15 is 0 Å². The highest BCUT2D eigenvalue weighted by atomic mass is 35.5. The third-order valence-electron chi connectivity index (χ3n) is 1.90. The Balaban J connectivity index is 2.79. The molecule has 0 fully saturated rings. The van der Waals surface area contributed by atoms with Crippen molar-refractivity contribution in [2.45, 2.75) is 6.54 Å². The van der Waals surface area contributed by atoms with Gasteiger partial charge in [-0.2, -0.15) is 0 Å². The highest BCUT2D eigenvalue weighted by molar-refractivity contribution is 6.29. The van der Waals surface area contributed by atoms with Crippen LogP contribution in [-0.4, -0.2) is 14.5 Å². The van der Waals surface area contributed by atoms with Gasteiger partial charge in [0.2, 0.25) is 0 Å². The van der Waals surface area contributed by atoms with Crippen LogP contribution in [0.25, 0.3) is 11.2 Å². The Morgan fingerprint density at radius 2 is 2.43 bits per heavy atom. The highest BCUT2D eigenvalue weighted by Gasteiger charge is 2.06. The molecule has 2 heterocycles. The quantitative estimate of drug-likeness (QED) is 0.603. The highest BCUT2D eigenvalue weighted by Crippen LogP contribution is 2.11. The molecule has 0 saturated carbocycles. The summed E-state index contributed by atoms with van der Waals surface area (Å²) in [4.78, 5) is 18.2. The number of nitrogens with one attached hydrogen (secondary N) is 1. The van der Waals surface area contributed by atoms with E-state index in [-0.39, 0.29) is 5.69 Å². The molecule has 0 unspecified atom stereocenters. The fourth-order valence-electron chi connectivity index (χ4n) is 1.31. The summed E-state index contributed by atoms with van der Waals surface area (Å²) >= 11 is 5.73. The van der Waals surface area contributed by atoms with E-state index in [4.69, 9.17) is 11.6 Å². The van der Waals surface area contributed by atoms with Gasteiger partial charge in [-0.1, -0.05) is 17.7 Å². The number of rotatable bonds is 2. The van der Waals surface area contributed by atoms with Gasteiger partial charge in [-0.05, 0) is 12.1 Å². The number of hydrogen-bond donors (Lipinski definition) is 1. The largest absolute Gasteiger partial charge is 0.327 e. The van der Waals surface area contributed by atoms with Gasteiger partial charge in [0.05, 0.1) is 5.52 Å². The smallest absolute Gasteiger partial charge is 0.304 e. The number of fused-ring (bicyclic) bond motifs is 1. The van der Waals surface area contributed by atoms with Crippen LogP contribution < -0.4 is 5.69 Å². The number of aromatic nitrogens is 3. The van der Waals surface area contributed by atoms with Crippen LogP contribution in [0.5, 0.6) is 0 Å². The van der Waals surface area contributed by atoms with Gasteiger partial charge in [0.25, 0.3) is 0 Å². The first-order chi connectivity index (χ1) is 6.72. The van der Waals surface area contributed by atoms with E-state index in [1.807, 2.05) is 0 Å². The lowest BCUT2D eigenvalue weighted by atomic mass is 10.4. The van der Waals surface area contributed by atoms with E-state index in [9.17, 15) is 4.79 Å². The molecule has 1 N–H and O–H groups in total. The number of hydrogen-bond acceptors (Lipinski definition) is 2. The van der Waals surface area contributed by atoms with Crippen molar-refractivity contribution in [3.8, 4) is 0 Å². The molecular formula is C9H8ClN3O. The number of nitrogens with zero attached hydrogens (tertiary/aromatic N) is 2. The second-order valence-electron chi connectivity index (χ2n) is 2.83. The molecule has 0 spiro atoms. The molecule has 4 nitrogen and oxygen atoms in total. The number of imidazole rings is 1. The first-order valence-electron chi connectivity index (χ1n) is 4.08. The molecule has 0 amide bonds. The molecule has 14 heavy (non-hydrogen) atoms. The summed E-state index contributed by atoms with van der Waals surface area (Å²) in [6.45, 7) is 3.99. The summed E-state index contributed by atoms with van der Waals surface area (Å²) in [5, 5.41) is 0.370. The van der Waals surface area contributed by atoms with Crippen LogP contribution in [-0.2, 0) is 6.54 Å². The van der Waals surface area contributed by atoms with Gasteiger partial charge < -0.3 is 4.98 Å². The number of pyridine rings is 1. The summed E-state index contributed by atoms with van der Waals surface area (Å²) in [5.74, 6) is 0. The molecule has 0 aliphatic carbocycles. The Bertz CT molecular complexity index is 540. The first kappa shape index (κ1) is 9.02. The first-order valence-corrected chi connectivity index (χ1v) is 4.46. The molecule has 0 radical (unpaired) electrons. The zero-order valence-corrected chi connectivity index (χ0v) is 8.08. The summed E-state index contributed by atoms with van der Waals surface area (Å²) in [7, 11) is 0. The number of halogens is 1. The Morgan fingerprint density at radius 1 is 1.64 bits per heavy atom. The topological polar surface area (TPSA) is 50.7 Å². The average molecular weight is 210 g/mol. The second kappa shape index (κ2) is 3.31. The molecule has 2 aromatic heterocycles. The van der Waals surface area contributed by atoms with Gasteiger partial charge in [0.1, 0.15) is 5.15 Å². The maximum Gasteiger partial charge on any atom is 0.327 e. The third-order valence-corrected chi connectivity index (χ3v) is 2.11. The predicted molar refractivity (Wildman–Crippen MR) is 55.6 cm³/mol. The molecule has 0 saturated heterocycles. The van der Waals surface area contributed by atoms with Gasteiger partial charge in [-0.3, -0.25) is 4.57 Å². The summed E-state index contributed by atoms with van der Waals surface area (Å²) in [6.07, 6.45) is 1.64. The van der Waals surface area contributed by atoms with E-state index in [1.54, 1.807) is 18.2 Å². The molecule has 2 aromatic rings. The molecule has 5 heteroatoms. The van der Waals surface area contributed by atoms with Crippen molar-refractivity contribution in [2.24, 2.45) is 0 Å². The summed E-state index contributed by atoms with van der Waals surface area (Å²) < 4.78 is 1.48. The van der Waals surface area contributed by atoms with Crippen LogP contribution in [0.4, 0.5) is 0 Å². The molecule has 0 bridgehead atoms. The maximum absolute atomic E-state index is 11.4. The third kappa shape index (κ3) is 1.33. The maximum atomic E-state index is 11.4. The monoisotopic (exact) mass is 209 g/mol. The standard InChI is InChI=1S/C9H8ClN3O/c1-2-5-13-8-6(11-9(13)14)3-4-7(10)12-8/h2-4H,1,5H2,(H,11,14). The van der Waals surface area contributed by atoms with Gasteiger partial charge in [0, 0.05) is 6.54 Å². The molecular weight excluding hydrogens is 202 g/mol. The Morgan fingerprint density at radius 3 is 3.14 bits per heavy atom. The number of H-pyrrole nitrogens is 1. The van der Waals surface area contributed by atoms with Crippen molar-refractivity contribution in [1.82, 2.24) is 14.5 Å². The van der Waals surface area contributed by atoms with Crippen molar-refractivity contribution in [1.29, 1.82) is 0 Å². The van der Waals surface area contributed by atoms with Crippen molar-refractivity contribution in [3.63, 3.8) is 0 Å². The molecule has 0 aliphatic heterocycles. The second-order valence-corrected chi connectivity index (χ2v) is 3.22. The van der Waals surface area contributed by atoms with E-state index in [0.717, 1.165) is 0 Å². The van der Waals surface area contributed by atoms with Crippen LogP contribution in [0.1, 0.15) is 0 Å². The summed E-state index contributed by atoms with van der Waals surface area (Å²) in [5.41, 5.74) is 1.04. The molecule has 0 aliphatic rings. The van der Waals surface area contributed by atoms with Gasteiger partial charge >= 0.3 is 5.69 Å². The molecule has 2 rings (SSSR count). The normalized spacial score (nSPS) is 10.6. The van der Waals surface area contributed by atoms with Crippen LogP contribution in [0.15, 0.2) is 29.6 Å². The Labute approximate surface area is 84.8 Å². The fourth-order valence-corrected chi connectivity index (χ4v) is 1.45. The SMILES string of the molecule is C=CCn1c(=O)[nH]c2ccc(Cl)nc21. The van der Waals surface area contributed by atoms with Crippen LogP contribution in [0.2, 0.25) is 5.15 Å². The van der Waals surface area contributed by atoms with Crippen molar-refractivity contribution in [3.05, 3.63) is 40.4 Å². The Hall–Kier alpha value is -1.55. The van der Waals surface area contributed by atoms with Gasteiger partial charge in [-0.25, -0.2) is 9.78 Å². The van der Waals surface area contributed by atoms with Crippen LogP contribution in [0.3, 0.4) is 0 Å². The van der Waals surface area contributed by atoms with E-state index < -0.39 is 0 Å². The fraction of sp³-hybridized carbons (Fsp3) is 0.111. The zero-order chi connectivity index (χ0) is 10.1.